The van der Waals surface area contributed by atoms with E-state index in [1.165, 1.54) is 30.2 Å². The van der Waals surface area contributed by atoms with E-state index in [4.69, 9.17) is 0 Å². The van der Waals surface area contributed by atoms with Gasteiger partial charge in [0, 0.05) is 0 Å². The molecule has 0 bridgehead atoms. The molecule has 0 fully saturated rings. The summed E-state index contributed by atoms with van der Waals surface area (Å²) in [6.07, 6.45) is 3.04. The van der Waals surface area contributed by atoms with Gasteiger partial charge in [0.25, 0.3) is 5.56 Å². The van der Waals surface area contributed by atoms with Crippen LogP contribution >= 0.6 is 0 Å². The van der Waals surface area contributed by atoms with Gasteiger partial charge in [-0.1, -0.05) is 45.0 Å². The number of hydrogen-bond donors (Lipinski definition) is 0. The number of aromatic nitrogens is 4. The lowest BCUT2D eigenvalue weighted by Gasteiger charge is -2.19. The van der Waals surface area contributed by atoms with Gasteiger partial charge in [-0.15, -0.1) is 0 Å². The van der Waals surface area contributed by atoms with E-state index < -0.39 is 0 Å². The summed E-state index contributed by atoms with van der Waals surface area (Å²) in [5, 5.41) is 4.69. The molecule has 2 aromatic heterocycles. The SMILES string of the molecule is CC(C)(C)c1ccc(Cn2cnc3c(cnn3-c3ccc(F)cc3)c2=O)cc1. The summed E-state index contributed by atoms with van der Waals surface area (Å²) in [6.45, 7) is 6.95. The number of benzene rings is 2. The molecule has 142 valence electrons. The Hall–Kier alpha value is -3.28. The lowest BCUT2D eigenvalue weighted by molar-refractivity contribution is 0.589. The van der Waals surface area contributed by atoms with Crippen molar-refractivity contribution in [2.45, 2.75) is 32.7 Å². The molecule has 28 heavy (non-hydrogen) atoms. The monoisotopic (exact) mass is 376 g/mol. The molecule has 0 atom stereocenters. The lowest BCUT2D eigenvalue weighted by atomic mass is 9.87. The van der Waals surface area contributed by atoms with Gasteiger partial charge >= 0.3 is 0 Å². The van der Waals surface area contributed by atoms with Crippen LogP contribution in [0.15, 0.2) is 65.8 Å². The highest BCUT2D eigenvalue weighted by Gasteiger charge is 2.14. The first-order chi connectivity index (χ1) is 13.3. The van der Waals surface area contributed by atoms with E-state index in [-0.39, 0.29) is 16.8 Å². The molecule has 2 heterocycles. The topological polar surface area (TPSA) is 52.7 Å². The number of rotatable bonds is 3. The fraction of sp³-hybridized carbons (Fsp3) is 0.227. The number of fused-ring (bicyclic) bond motifs is 1. The van der Waals surface area contributed by atoms with Crippen LogP contribution in [0.5, 0.6) is 0 Å². The molecule has 0 spiro atoms. The summed E-state index contributed by atoms with van der Waals surface area (Å²) in [4.78, 5) is 17.3. The Morgan fingerprint density at radius 3 is 2.32 bits per heavy atom. The number of hydrogen-bond acceptors (Lipinski definition) is 3. The van der Waals surface area contributed by atoms with E-state index in [0.717, 1.165) is 5.56 Å². The van der Waals surface area contributed by atoms with Crippen molar-refractivity contribution in [1.29, 1.82) is 0 Å². The highest BCUT2D eigenvalue weighted by Crippen LogP contribution is 2.22. The van der Waals surface area contributed by atoms with Gasteiger partial charge in [0.05, 0.1) is 18.4 Å². The Labute approximate surface area is 162 Å². The van der Waals surface area contributed by atoms with Gasteiger partial charge in [-0.3, -0.25) is 9.36 Å². The van der Waals surface area contributed by atoms with E-state index in [9.17, 15) is 9.18 Å². The van der Waals surface area contributed by atoms with Crippen LogP contribution in [0.3, 0.4) is 0 Å². The molecule has 4 aromatic rings. The summed E-state index contributed by atoms with van der Waals surface area (Å²) in [6, 6.07) is 14.2. The predicted octanol–water partition coefficient (Wildman–Crippen LogP) is 4.07. The van der Waals surface area contributed by atoms with Crippen LogP contribution in [-0.4, -0.2) is 19.3 Å². The average Bonchev–Trinajstić information content (AvgIpc) is 3.09. The Kier molecular flexibility index (Phi) is 4.34. The van der Waals surface area contributed by atoms with Gasteiger partial charge in [0.1, 0.15) is 17.5 Å². The Bertz CT molecular complexity index is 1180. The molecule has 0 aliphatic heterocycles. The third kappa shape index (κ3) is 3.33. The van der Waals surface area contributed by atoms with Crippen LogP contribution in [0, 0.1) is 5.82 Å². The van der Waals surface area contributed by atoms with Gasteiger partial charge in [0.15, 0.2) is 5.65 Å². The second-order valence-electron chi connectivity index (χ2n) is 7.89. The molecule has 0 amide bonds. The molecule has 0 unspecified atom stereocenters. The summed E-state index contributed by atoms with van der Waals surface area (Å²) >= 11 is 0. The summed E-state index contributed by atoms with van der Waals surface area (Å²) in [5.41, 5.74) is 3.32. The molecule has 0 aliphatic carbocycles. The van der Waals surface area contributed by atoms with Crippen LogP contribution in [0.1, 0.15) is 31.9 Å². The molecule has 0 saturated carbocycles. The molecule has 0 saturated heterocycles. The fourth-order valence-corrected chi connectivity index (χ4v) is 3.14. The highest BCUT2D eigenvalue weighted by molar-refractivity contribution is 5.74. The molecule has 5 nitrogen and oxygen atoms in total. The van der Waals surface area contributed by atoms with E-state index >= 15 is 0 Å². The maximum Gasteiger partial charge on any atom is 0.264 e. The number of nitrogens with zero attached hydrogens (tertiary/aromatic N) is 4. The van der Waals surface area contributed by atoms with Crippen LogP contribution < -0.4 is 5.56 Å². The van der Waals surface area contributed by atoms with Crippen molar-refractivity contribution < 1.29 is 4.39 Å². The van der Waals surface area contributed by atoms with Gasteiger partial charge in [-0.25, -0.2) is 14.1 Å². The van der Waals surface area contributed by atoms with Crippen molar-refractivity contribution in [2.75, 3.05) is 0 Å². The zero-order valence-electron chi connectivity index (χ0n) is 16.1. The first-order valence-electron chi connectivity index (χ1n) is 9.11. The third-order valence-electron chi connectivity index (χ3n) is 4.80. The first kappa shape index (κ1) is 18.1. The van der Waals surface area contributed by atoms with E-state index in [1.54, 1.807) is 21.4 Å². The lowest BCUT2D eigenvalue weighted by Crippen LogP contribution is -2.21. The highest BCUT2D eigenvalue weighted by atomic mass is 19.1. The quantitative estimate of drug-likeness (QED) is 0.542. The Balaban J connectivity index is 1.67. The fourth-order valence-electron chi connectivity index (χ4n) is 3.14. The van der Waals surface area contributed by atoms with Crippen molar-refractivity contribution in [3.63, 3.8) is 0 Å². The smallest absolute Gasteiger partial charge is 0.264 e. The Morgan fingerprint density at radius 2 is 1.68 bits per heavy atom. The molecule has 0 aliphatic rings. The zero-order valence-corrected chi connectivity index (χ0v) is 16.1. The minimum Gasteiger partial charge on any atom is -0.294 e. The molecule has 0 radical (unpaired) electrons. The summed E-state index contributed by atoms with van der Waals surface area (Å²) in [5.74, 6) is -0.326. The van der Waals surface area contributed by atoms with Crippen LogP contribution in [-0.2, 0) is 12.0 Å². The predicted molar refractivity (Wildman–Crippen MR) is 107 cm³/mol. The molecular weight excluding hydrogens is 355 g/mol. The van der Waals surface area contributed by atoms with Crippen molar-refractivity contribution in [3.05, 3.63) is 88.4 Å². The molecule has 0 N–H and O–H groups in total. The summed E-state index contributed by atoms with van der Waals surface area (Å²) < 4.78 is 16.3. The first-order valence-corrected chi connectivity index (χ1v) is 9.11. The Morgan fingerprint density at radius 1 is 1.00 bits per heavy atom. The van der Waals surface area contributed by atoms with Crippen LogP contribution in [0.2, 0.25) is 0 Å². The van der Waals surface area contributed by atoms with Crippen LogP contribution in [0.25, 0.3) is 16.7 Å². The second kappa shape index (κ2) is 6.71. The van der Waals surface area contributed by atoms with Gasteiger partial charge in [-0.05, 0) is 40.8 Å². The molecule has 4 rings (SSSR count). The van der Waals surface area contributed by atoms with Gasteiger partial charge in [0.2, 0.25) is 0 Å². The van der Waals surface area contributed by atoms with Gasteiger partial charge < -0.3 is 0 Å². The van der Waals surface area contributed by atoms with E-state index in [1.807, 2.05) is 12.1 Å². The maximum absolute atomic E-state index is 13.2. The minimum absolute atomic E-state index is 0.0881. The second-order valence-corrected chi connectivity index (χ2v) is 7.89. The molecule has 6 heteroatoms. The maximum atomic E-state index is 13.2. The number of halogens is 1. The third-order valence-corrected chi connectivity index (χ3v) is 4.80. The molecular formula is C22H21FN4O. The zero-order chi connectivity index (χ0) is 19.9. The normalized spacial score (nSPS) is 11.9. The average molecular weight is 376 g/mol. The van der Waals surface area contributed by atoms with E-state index in [0.29, 0.717) is 23.3 Å². The standard InChI is InChI=1S/C22H21FN4O/c1-22(2,3)16-6-4-15(5-7-16)13-26-14-24-20-19(21(26)28)12-25-27(20)18-10-8-17(23)9-11-18/h4-12,14H,13H2,1-3H3. The molecule has 2 aromatic carbocycles. The van der Waals surface area contributed by atoms with E-state index in [2.05, 4.69) is 43.0 Å². The van der Waals surface area contributed by atoms with Crippen molar-refractivity contribution in [1.82, 2.24) is 19.3 Å². The largest absolute Gasteiger partial charge is 0.294 e. The summed E-state index contributed by atoms with van der Waals surface area (Å²) in [7, 11) is 0. The van der Waals surface area contributed by atoms with Crippen molar-refractivity contribution >= 4 is 11.0 Å². The minimum atomic E-state index is -0.326. The van der Waals surface area contributed by atoms with Gasteiger partial charge in [-0.2, -0.15) is 5.10 Å². The van der Waals surface area contributed by atoms with Crippen molar-refractivity contribution in [3.8, 4) is 5.69 Å². The van der Waals surface area contributed by atoms with Crippen LogP contribution in [0.4, 0.5) is 4.39 Å². The van der Waals surface area contributed by atoms with Crippen molar-refractivity contribution in [2.24, 2.45) is 0 Å².